The molecule has 0 radical (unpaired) electrons. The molecule has 4 atom stereocenters. The zero-order chi connectivity index (χ0) is 29.6. The zero-order valence-corrected chi connectivity index (χ0v) is 30.3. The van der Waals surface area contributed by atoms with Gasteiger partial charge in [0.15, 0.2) is 5.75 Å². The third kappa shape index (κ3) is 9.76. The molecule has 7 N–H and O–H groups in total. The molecule has 0 aliphatic carbocycles. The number of carbonyl (C=O) groups excluding carboxylic acids is 1. The van der Waals surface area contributed by atoms with E-state index in [9.17, 15) is 19.5 Å². The number of phenols is 1. The molecule has 0 aromatic heterocycles. The molecule has 2 aliphatic rings. The molecule has 2 fully saturated rings. The number of rotatable bonds is 10. The number of nitrogens with one attached hydrogen (secondary N) is 2. The summed E-state index contributed by atoms with van der Waals surface area (Å²) in [5.74, 6) is 0.786. The minimum Gasteiger partial charge on any atom is -0.506 e. The normalized spacial score (nSPS) is 20.0. The Labute approximate surface area is 290 Å². The fourth-order valence-corrected chi connectivity index (χ4v) is 9.52. The highest BCUT2D eigenvalue weighted by atomic mass is 127. The van der Waals surface area contributed by atoms with Crippen LogP contribution in [0.2, 0.25) is 0 Å². The van der Waals surface area contributed by atoms with Gasteiger partial charge in [0.05, 0.1) is 26.4 Å². The van der Waals surface area contributed by atoms with Crippen LogP contribution in [0.1, 0.15) is 31.2 Å². The van der Waals surface area contributed by atoms with Gasteiger partial charge >= 0.3 is 18.0 Å². The molecule has 40 heavy (non-hydrogen) atoms. The second-order valence-electron chi connectivity index (χ2n) is 9.14. The van der Waals surface area contributed by atoms with Crippen LogP contribution in [0.4, 0.5) is 4.79 Å². The van der Waals surface area contributed by atoms with Gasteiger partial charge in [0.25, 0.3) is 0 Å². The Morgan fingerprint density at radius 2 is 1.65 bits per heavy atom. The van der Waals surface area contributed by atoms with Crippen molar-refractivity contribution >= 4 is 120 Å². The van der Waals surface area contributed by atoms with Crippen molar-refractivity contribution < 1.29 is 34.4 Å². The first kappa shape index (κ1) is 34.0. The smallest absolute Gasteiger partial charge is 0.320 e. The minimum atomic E-state index is -1.02. The lowest BCUT2D eigenvalue weighted by molar-refractivity contribution is -0.139. The molecule has 2 amide bonds. The van der Waals surface area contributed by atoms with Crippen LogP contribution in [-0.2, 0) is 16.0 Å². The predicted octanol–water partition coefficient (Wildman–Crippen LogP) is 5.35. The van der Waals surface area contributed by atoms with Gasteiger partial charge in [-0.05, 0) is 139 Å². The predicted molar refractivity (Wildman–Crippen MR) is 186 cm³/mol. The number of unbranched alkanes of at least 4 members (excludes halogenated alkanes) is 1. The number of hydrogen-bond acceptors (Lipinski definition) is 7. The maximum absolute atomic E-state index is 11.1. The molecule has 2 aliphatic heterocycles. The number of carboxylic acid groups (broad SMARTS) is 2. The highest BCUT2D eigenvalue weighted by Gasteiger charge is 2.42. The van der Waals surface area contributed by atoms with Crippen LogP contribution >= 0.6 is 102 Å². The summed E-state index contributed by atoms with van der Waals surface area (Å²) in [5, 5.41) is 33.5. The number of phenolic OH excluding ortho intramolecular Hbond substituents is 1. The van der Waals surface area contributed by atoms with Gasteiger partial charge in [-0.3, -0.25) is 9.59 Å². The van der Waals surface area contributed by atoms with Crippen molar-refractivity contribution in [3.8, 4) is 17.2 Å². The van der Waals surface area contributed by atoms with E-state index in [0.29, 0.717) is 23.9 Å². The maximum atomic E-state index is 11.1. The Kier molecular flexibility index (Phi) is 13.4. The van der Waals surface area contributed by atoms with E-state index in [4.69, 9.17) is 20.7 Å². The van der Waals surface area contributed by atoms with Crippen LogP contribution in [0.3, 0.4) is 0 Å². The van der Waals surface area contributed by atoms with E-state index in [0.717, 1.165) is 37.7 Å². The SMILES string of the molecule is NC(Cc1cc(I)c(Oc2cc(I)c(O)c(I)c2)c(I)c1)C(=O)O.O=C(O)CCCC[C@@H]1SC[C@@H]2NC(=O)N[C@@H]21. The lowest BCUT2D eigenvalue weighted by Crippen LogP contribution is -2.36. The Hall–Kier alpha value is -0.520. The van der Waals surface area contributed by atoms with Gasteiger partial charge < -0.3 is 36.4 Å². The summed E-state index contributed by atoms with van der Waals surface area (Å²) in [4.78, 5) is 32.4. The first-order chi connectivity index (χ1) is 18.8. The quantitative estimate of drug-likeness (QED) is 0.104. The Morgan fingerprint density at radius 3 is 2.23 bits per heavy atom. The van der Waals surface area contributed by atoms with Gasteiger partial charge in [0.1, 0.15) is 17.5 Å². The number of nitrogens with two attached hydrogens (primary N) is 1. The Bertz CT molecular complexity index is 1220. The summed E-state index contributed by atoms with van der Waals surface area (Å²) in [5.41, 5.74) is 6.44. The third-order valence-corrected chi connectivity index (χ3v) is 10.9. The van der Waals surface area contributed by atoms with Gasteiger partial charge in [-0.25, -0.2) is 4.79 Å². The number of halogens is 4. The number of fused-ring (bicyclic) bond motifs is 1. The second kappa shape index (κ2) is 15.8. The summed E-state index contributed by atoms with van der Waals surface area (Å²) in [6.45, 7) is 0. The van der Waals surface area contributed by atoms with E-state index < -0.39 is 18.0 Å². The summed E-state index contributed by atoms with van der Waals surface area (Å²) in [7, 11) is 0. The molecule has 10 nitrogen and oxygen atoms in total. The molecule has 0 spiro atoms. The largest absolute Gasteiger partial charge is 0.506 e. The lowest BCUT2D eigenvalue weighted by atomic mass is 10.0. The molecule has 2 aromatic rings. The van der Waals surface area contributed by atoms with E-state index in [1.165, 1.54) is 0 Å². The number of benzene rings is 2. The van der Waals surface area contributed by atoms with Gasteiger partial charge in [-0.15, -0.1) is 0 Å². The molecule has 0 bridgehead atoms. The number of carbonyl (C=O) groups is 3. The monoisotopic (exact) mass is 1020 g/mol. The van der Waals surface area contributed by atoms with Crippen molar-refractivity contribution in [3.63, 3.8) is 0 Å². The number of ether oxygens (including phenoxy) is 1. The highest BCUT2D eigenvalue weighted by Crippen LogP contribution is 2.37. The molecule has 1 unspecified atom stereocenters. The maximum Gasteiger partial charge on any atom is 0.320 e. The van der Waals surface area contributed by atoms with Gasteiger partial charge in [-0.1, -0.05) is 6.42 Å². The lowest BCUT2D eigenvalue weighted by Gasteiger charge is -2.16. The minimum absolute atomic E-state index is 0.0640. The van der Waals surface area contributed by atoms with Crippen LogP contribution in [0.15, 0.2) is 24.3 Å². The van der Waals surface area contributed by atoms with Crippen molar-refractivity contribution in [2.45, 2.75) is 55.5 Å². The third-order valence-electron chi connectivity index (χ3n) is 6.11. The summed E-state index contributed by atoms with van der Waals surface area (Å²) < 4.78 is 9.14. The Morgan fingerprint density at radius 1 is 1.02 bits per heavy atom. The number of hydrogen-bond donors (Lipinski definition) is 6. The molecule has 15 heteroatoms. The van der Waals surface area contributed by atoms with Crippen LogP contribution < -0.4 is 21.1 Å². The van der Waals surface area contributed by atoms with Crippen molar-refractivity contribution in [1.82, 2.24) is 10.6 Å². The highest BCUT2D eigenvalue weighted by molar-refractivity contribution is 14.1. The molecule has 218 valence electrons. The fraction of sp³-hybridized carbons (Fsp3) is 0.400. The van der Waals surface area contributed by atoms with Crippen molar-refractivity contribution in [3.05, 3.63) is 44.1 Å². The number of amides is 2. The van der Waals surface area contributed by atoms with Crippen molar-refractivity contribution in [1.29, 1.82) is 0 Å². The molecule has 0 saturated carbocycles. The van der Waals surface area contributed by atoms with E-state index >= 15 is 0 Å². The molecular formula is C25H27I4N3O7S. The molecule has 2 heterocycles. The molecule has 2 saturated heterocycles. The van der Waals surface area contributed by atoms with Crippen LogP contribution in [0, 0.1) is 14.3 Å². The van der Waals surface area contributed by atoms with Crippen LogP contribution in [0.5, 0.6) is 17.2 Å². The van der Waals surface area contributed by atoms with Crippen molar-refractivity contribution in [2.75, 3.05) is 5.75 Å². The summed E-state index contributed by atoms with van der Waals surface area (Å²) in [6, 6.07) is 6.78. The molecule has 4 rings (SSSR count). The van der Waals surface area contributed by atoms with Gasteiger partial charge in [-0.2, -0.15) is 11.8 Å². The number of thioether (sulfide) groups is 1. The number of carboxylic acids is 2. The standard InChI is InChI=1S/C15H11I4NO4.C10H16N2O3S/c16-8-4-7(5-9(17)13(8)21)24-14-10(18)1-6(2-11(14)19)3-12(20)15(22)23;13-8(14)4-2-1-3-7-9-6(5-16-7)11-10(15)12-9/h1-2,4-5,12,21H,3,20H2,(H,22,23);6-7,9H,1-5H2,(H,13,14)(H2,11,12,15)/t;6-,7-,9-/m.0/s1. The number of aromatic hydroxyl groups is 1. The zero-order valence-electron chi connectivity index (χ0n) is 20.8. The first-order valence-corrected chi connectivity index (χ1v) is 17.4. The topological polar surface area (TPSA) is 171 Å². The average Bonchev–Trinajstić information content (AvgIpc) is 3.42. The van der Waals surface area contributed by atoms with Crippen LogP contribution in [0.25, 0.3) is 0 Å². The Balaban J connectivity index is 0.000000238. The number of urea groups is 1. The fourth-order valence-electron chi connectivity index (χ4n) is 4.15. The summed E-state index contributed by atoms with van der Waals surface area (Å²) >= 11 is 10.3. The van der Waals surface area contributed by atoms with Gasteiger partial charge in [0, 0.05) is 17.4 Å². The first-order valence-electron chi connectivity index (χ1n) is 12.1. The average molecular weight is 1020 g/mol. The van der Waals surface area contributed by atoms with Gasteiger partial charge in [0.2, 0.25) is 0 Å². The molecule has 2 aromatic carbocycles. The van der Waals surface area contributed by atoms with E-state index in [1.54, 1.807) is 12.1 Å². The van der Waals surface area contributed by atoms with Crippen molar-refractivity contribution in [2.24, 2.45) is 5.73 Å². The summed E-state index contributed by atoms with van der Waals surface area (Å²) in [6.07, 6.45) is 3.14. The molecular weight excluding hydrogens is 994 g/mol. The van der Waals surface area contributed by atoms with E-state index in [-0.39, 0.29) is 36.7 Å². The number of aliphatic carboxylic acids is 2. The van der Waals surface area contributed by atoms with E-state index in [1.807, 2.05) is 23.9 Å². The second-order valence-corrected chi connectivity index (χ2v) is 15.1. The van der Waals surface area contributed by atoms with Crippen LogP contribution in [-0.4, -0.2) is 62.4 Å². The van der Waals surface area contributed by atoms with E-state index in [2.05, 4.69) is 101 Å².